The van der Waals surface area contributed by atoms with Crippen LogP contribution in [0.5, 0.6) is 11.5 Å². The van der Waals surface area contributed by atoms with Crippen molar-refractivity contribution in [3.05, 3.63) is 59.7 Å². The van der Waals surface area contributed by atoms with Crippen LogP contribution in [0.15, 0.2) is 53.9 Å². The summed E-state index contributed by atoms with van der Waals surface area (Å²) in [6, 6.07) is 15.0. The molecule has 3 aromatic heterocycles. The van der Waals surface area contributed by atoms with Crippen molar-refractivity contribution < 1.29 is 14.3 Å². The van der Waals surface area contributed by atoms with E-state index < -0.39 is 6.10 Å². The molecule has 28 heavy (non-hydrogen) atoms. The van der Waals surface area contributed by atoms with Crippen LogP contribution in [0, 0.1) is 0 Å². The van der Waals surface area contributed by atoms with Gasteiger partial charge in [-0.05, 0) is 35.7 Å². The van der Waals surface area contributed by atoms with Crippen molar-refractivity contribution in [1.82, 2.24) is 25.1 Å². The van der Waals surface area contributed by atoms with Gasteiger partial charge < -0.3 is 14.8 Å². The molecular weight excluding hydrogens is 378 g/mol. The van der Waals surface area contributed by atoms with Gasteiger partial charge in [0.25, 0.3) is 5.91 Å². The lowest BCUT2D eigenvalue weighted by atomic mass is 10.2. The van der Waals surface area contributed by atoms with Crippen molar-refractivity contribution in [2.45, 2.75) is 12.6 Å². The molecule has 0 radical (unpaired) electrons. The third-order valence-corrected chi connectivity index (χ3v) is 5.22. The van der Waals surface area contributed by atoms with Crippen molar-refractivity contribution in [2.75, 3.05) is 6.61 Å². The summed E-state index contributed by atoms with van der Waals surface area (Å²) in [5.74, 6) is 1.46. The second-order valence-electron chi connectivity index (χ2n) is 6.16. The van der Waals surface area contributed by atoms with Crippen LogP contribution < -0.4 is 14.8 Å². The van der Waals surface area contributed by atoms with Crippen molar-refractivity contribution in [3.8, 4) is 22.1 Å². The maximum atomic E-state index is 12.5. The van der Waals surface area contributed by atoms with E-state index in [0.29, 0.717) is 23.0 Å². The first-order valence-electron chi connectivity index (χ1n) is 8.69. The molecule has 0 spiro atoms. The Bertz CT molecular complexity index is 1140. The largest absolute Gasteiger partial charge is 0.485 e. The average Bonchev–Trinajstić information content (AvgIpc) is 3.41. The predicted octanol–water partition coefficient (Wildman–Crippen LogP) is 2.31. The third kappa shape index (κ3) is 3.05. The van der Waals surface area contributed by atoms with Crippen molar-refractivity contribution in [3.63, 3.8) is 0 Å². The van der Waals surface area contributed by atoms with Crippen LogP contribution in [0.2, 0.25) is 0 Å². The molecule has 4 heterocycles. The lowest BCUT2D eigenvalue weighted by Gasteiger charge is -2.25. The van der Waals surface area contributed by atoms with E-state index in [9.17, 15) is 4.79 Å². The molecule has 0 bridgehead atoms. The maximum absolute atomic E-state index is 12.5. The number of carbonyl (C=O) groups is 1. The van der Waals surface area contributed by atoms with Gasteiger partial charge in [0.2, 0.25) is 6.10 Å². The Kier molecular flexibility index (Phi) is 4.13. The Hall–Kier alpha value is -3.46. The predicted molar refractivity (Wildman–Crippen MR) is 102 cm³/mol. The van der Waals surface area contributed by atoms with Crippen LogP contribution in [0.3, 0.4) is 0 Å². The molecule has 5 rings (SSSR count). The third-order valence-electron chi connectivity index (χ3n) is 4.32. The molecule has 0 aliphatic carbocycles. The highest BCUT2D eigenvalue weighted by atomic mass is 32.1. The van der Waals surface area contributed by atoms with Crippen molar-refractivity contribution in [2.24, 2.45) is 0 Å². The number of nitrogens with zero attached hydrogens (tertiary/aromatic N) is 4. The average molecular weight is 393 g/mol. The maximum Gasteiger partial charge on any atom is 0.265 e. The molecule has 140 valence electrons. The number of thiophene rings is 1. The number of ether oxygens (including phenoxy) is 2. The molecule has 9 heteroatoms. The highest BCUT2D eigenvalue weighted by Gasteiger charge is 2.27. The normalized spacial score (nSPS) is 15.5. The topological polar surface area (TPSA) is 90.6 Å². The number of nitrogens with one attached hydrogen (secondary N) is 1. The summed E-state index contributed by atoms with van der Waals surface area (Å²) in [5.41, 5.74) is 1.45. The van der Waals surface area contributed by atoms with E-state index in [0.717, 1.165) is 10.6 Å². The Morgan fingerprint density at radius 1 is 1.14 bits per heavy atom. The summed E-state index contributed by atoms with van der Waals surface area (Å²) in [7, 11) is 0. The smallest absolute Gasteiger partial charge is 0.265 e. The van der Waals surface area contributed by atoms with Gasteiger partial charge >= 0.3 is 0 Å². The molecular formula is C19H15N5O3S. The van der Waals surface area contributed by atoms with Gasteiger partial charge in [-0.3, -0.25) is 4.79 Å². The molecule has 1 aromatic carbocycles. The van der Waals surface area contributed by atoms with E-state index in [-0.39, 0.29) is 19.1 Å². The van der Waals surface area contributed by atoms with E-state index in [2.05, 4.69) is 20.6 Å². The van der Waals surface area contributed by atoms with Crippen LogP contribution in [0.4, 0.5) is 0 Å². The second kappa shape index (κ2) is 6.93. The van der Waals surface area contributed by atoms with Gasteiger partial charge in [0.05, 0.1) is 11.4 Å². The number of para-hydroxylation sites is 2. The fraction of sp³-hybridized carbons (Fsp3) is 0.158. The molecule has 8 nitrogen and oxygen atoms in total. The number of aromatic nitrogens is 4. The molecule has 0 fully saturated rings. The monoisotopic (exact) mass is 393 g/mol. The quantitative estimate of drug-likeness (QED) is 0.572. The molecule has 1 atom stereocenters. The Balaban J connectivity index is 1.31. The molecule has 1 aliphatic rings. The van der Waals surface area contributed by atoms with Crippen LogP contribution in [-0.2, 0) is 11.3 Å². The minimum atomic E-state index is -0.719. The van der Waals surface area contributed by atoms with E-state index in [1.54, 1.807) is 21.9 Å². The minimum absolute atomic E-state index is 0.157. The van der Waals surface area contributed by atoms with Crippen LogP contribution in [-0.4, -0.2) is 38.4 Å². The molecule has 4 aromatic rings. The number of hydrogen-bond acceptors (Lipinski definition) is 7. The Morgan fingerprint density at radius 2 is 2.04 bits per heavy atom. The van der Waals surface area contributed by atoms with Crippen molar-refractivity contribution >= 4 is 22.9 Å². The van der Waals surface area contributed by atoms with E-state index >= 15 is 0 Å². The summed E-state index contributed by atoms with van der Waals surface area (Å²) < 4.78 is 13.0. The Labute approximate surface area is 163 Å². The van der Waals surface area contributed by atoms with Gasteiger partial charge in [0.15, 0.2) is 23.0 Å². The first-order chi connectivity index (χ1) is 13.8. The molecule has 0 unspecified atom stereocenters. The number of benzene rings is 1. The summed E-state index contributed by atoms with van der Waals surface area (Å²) >= 11 is 1.61. The van der Waals surface area contributed by atoms with Crippen LogP contribution in [0.25, 0.3) is 16.2 Å². The fourth-order valence-corrected chi connectivity index (χ4v) is 3.62. The summed E-state index contributed by atoms with van der Waals surface area (Å²) in [6.07, 6.45) is -0.719. The van der Waals surface area contributed by atoms with Gasteiger partial charge in [-0.2, -0.15) is 9.61 Å². The number of rotatable bonds is 4. The standard InChI is InChI=1S/C19H15N5O3S/c25-19(15-11-26-13-4-1-2-5-14(13)27-15)20-10-18-22-21-17-8-7-12(23-24(17)18)16-6-3-9-28-16/h1-9,15H,10-11H2,(H,20,25)/t15-/m1/s1. The molecule has 0 saturated heterocycles. The van der Waals surface area contributed by atoms with Gasteiger partial charge in [0, 0.05) is 0 Å². The zero-order valence-corrected chi connectivity index (χ0v) is 15.4. The summed E-state index contributed by atoms with van der Waals surface area (Å²) in [4.78, 5) is 13.6. The van der Waals surface area contributed by atoms with E-state index in [1.807, 2.05) is 47.8 Å². The first kappa shape index (κ1) is 16.7. The van der Waals surface area contributed by atoms with Gasteiger partial charge in [-0.25, -0.2) is 0 Å². The SMILES string of the molecule is O=C(NCc1nnc2ccc(-c3cccs3)nn12)[C@H]1COc2ccccc2O1. The first-order valence-corrected chi connectivity index (χ1v) is 9.57. The van der Waals surface area contributed by atoms with Crippen LogP contribution >= 0.6 is 11.3 Å². The zero-order valence-electron chi connectivity index (χ0n) is 14.6. The number of carbonyl (C=O) groups excluding carboxylic acids is 1. The summed E-state index contributed by atoms with van der Waals surface area (Å²) in [5, 5.41) is 17.7. The molecule has 0 saturated carbocycles. The number of fused-ring (bicyclic) bond motifs is 2. The number of amides is 1. The molecule has 1 amide bonds. The summed E-state index contributed by atoms with van der Waals surface area (Å²) in [6.45, 7) is 0.340. The van der Waals surface area contributed by atoms with Crippen molar-refractivity contribution in [1.29, 1.82) is 0 Å². The van der Waals surface area contributed by atoms with Crippen LogP contribution in [0.1, 0.15) is 5.82 Å². The van der Waals surface area contributed by atoms with Gasteiger partial charge in [0.1, 0.15) is 12.3 Å². The highest BCUT2D eigenvalue weighted by Crippen LogP contribution is 2.30. The zero-order chi connectivity index (χ0) is 18.9. The lowest BCUT2D eigenvalue weighted by molar-refractivity contribution is -0.130. The lowest BCUT2D eigenvalue weighted by Crippen LogP contribution is -2.43. The molecule has 1 aliphatic heterocycles. The van der Waals surface area contributed by atoms with Gasteiger partial charge in [-0.1, -0.05) is 18.2 Å². The highest BCUT2D eigenvalue weighted by molar-refractivity contribution is 7.13. The fourth-order valence-electron chi connectivity index (χ4n) is 2.93. The van der Waals surface area contributed by atoms with E-state index in [4.69, 9.17) is 9.47 Å². The minimum Gasteiger partial charge on any atom is -0.485 e. The Morgan fingerprint density at radius 3 is 2.89 bits per heavy atom. The second-order valence-corrected chi connectivity index (χ2v) is 7.11. The number of hydrogen-bond donors (Lipinski definition) is 1. The van der Waals surface area contributed by atoms with E-state index in [1.165, 1.54) is 0 Å². The van der Waals surface area contributed by atoms with Gasteiger partial charge in [-0.15, -0.1) is 21.5 Å². The molecule has 1 N–H and O–H groups in total.